The Kier molecular flexibility index (Phi) is 5.23. The lowest BCUT2D eigenvalue weighted by Crippen LogP contribution is -2.29. The van der Waals surface area contributed by atoms with Gasteiger partial charge in [-0.3, -0.25) is 9.59 Å². The molecule has 0 bridgehead atoms. The minimum atomic E-state index is -1.12. The molecule has 0 saturated heterocycles. The molecule has 0 radical (unpaired) electrons. The van der Waals surface area contributed by atoms with E-state index in [1.807, 2.05) is 0 Å². The molecular formula is C12H13F2NO3. The highest BCUT2D eigenvalue weighted by Crippen LogP contribution is 2.12. The molecule has 6 heteroatoms. The van der Waals surface area contributed by atoms with E-state index in [9.17, 15) is 18.4 Å². The number of carboxylic acids is 1. The topological polar surface area (TPSA) is 66.4 Å². The minimum absolute atomic E-state index is 0.101. The van der Waals surface area contributed by atoms with Crippen LogP contribution in [0.15, 0.2) is 18.2 Å². The number of rotatable bonds is 6. The van der Waals surface area contributed by atoms with Crippen LogP contribution >= 0.6 is 0 Å². The average molecular weight is 257 g/mol. The van der Waals surface area contributed by atoms with Crippen molar-refractivity contribution in [1.29, 1.82) is 0 Å². The number of benzene rings is 1. The normalized spacial score (nSPS) is 10.1. The van der Waals surface area contributed by atoms with Gasteiger partial charge >= 0.3 is 5.97 Å². The standard InChI is InChI=1S/C12H13F2NO3/c13-9-5-4-8(10(14)6-9)2-1-3-11(16)15-7-12(17)18/h4-6H,1-3,7H2,(H,15,16)(H,17,18). The SMILES string of the molecule is O=C(O)CNC(=O)CCCc1ccc(F)cc1F. The van der Waals surface area contributed by atoms with E-state index >= 15 is 0 Å². The Labute approximate surface area is 103 Å². The fourth-order valence-corrected chi connectivity index (χ4v) is 1.43. The summed E-state index contributed by atoms with van der Waals surface area (Å²) in [6.45, 7) is -0.427. The lowest BCUT2D eigenvalue weighted by molar-refractivity contribution is -0.137. The first-order chi connectivity index (χ1) is 8.49. The third-order valence-electron chi connectivity index (χ3n) is 2.30. The van der Waals surface area contributed by atoms with Crippen LogP contribution in [0.1, 0.15) is 18.4 Å². The van der Waals surface area contributed by atoms with E-state index in [1.165, 1.54) is 6.07 Å². The molecule has 18 heavy (non-hydrogen) atoms. The summed E-state index contributed by atoms with van der Waals surface area (Å²) in [6.07, 6.45) is 0.769. The van der Waals surface area contributed by atoms with Gasteiger partial charge in [0, 0.05) is 12.5 Å². The molecule has 1 amide bonds. The van der Waals surface area contributed by atoms with Crippen LogP contribution in [0.4, 0.5) is 8.78 Å². The van der Waals surface area contributed by atoms with E-state index in [1.54, 1.807) is 0 Å². The van der Waals surface area contributed by atoms with Crippen LogP contribution in [-0.4, -0.2) is 23.5 Å². The Morgan fingerprint density at radius 1 is 1.28 bits per heavy atom. The highest BCUT2D eigenvalue weighted by Gasteiger charge is 2.06. The fraction of sp³-hybridized carbons (Fsp3) is 0.333. The first-order valence-electron chi connectivity index (χ1n) is 5.41. The molecule has 0 aliphatic carbocycles. The zero-order chi connectivity index (χ0) is 13.5. The number of carbonyl (C=O) groups is 2. The molecule has 0 saturated carbocycles. The monoisotopic (exact) mass is 257 g/mol. The van der Waals surface area contributed by atoms with Gasteiger partial charge in [0.1, 0.15) is 18.2 Å². The molecular weight excluding hydrogens is 244 g/mol. The van der Waals surface area contributed by atoms with Crippen LogP contribution in [0, 0.1) is 11.6 Å². The van der Waals surface area contributed by atoms with Crippen LogP contribution in [0.2, 0.25) is 0 Å². The van der Waals surface area contributed by atoms with Gasteiger partial charge in [0.05, 0.1) is 0 Å². The van der Waals surface area contributed by atoms with Gasteiger partial charge in [0.25, 0.3) is 0 Å². The zero-order valence-electron chi connectivity index (χ0n) is 9.58. The van der Waals surface area contributed by atoms with Crippen LogP contribution in [0.25, 0.3) is 0 Å². The van der Waals surface area contributed by atoms with Gasteiger partial charge in [-0.2, -0.15) is 0 Å². The Morgan fingerprint density at radius 2 is 2.00 bits per heavy atom. The molecule has 1 aromatic rings. The number of aryl methyl sites for hydroxylation is 1. The van der Waals surface area contributed by atoms with Gasteiger partial charge in [0.2, 0.25) is 5.91 Å². The third-order valence-corrected chi connectivity index (χ3v) is 2.30. The van der Waals surface area contributed by atoms with Crippen LogP contribution < -0.4 is 5.32 Å². The maximum absolute atomic E-state index is 13.2. The molecule has 0 atom stereocenters. The molecule has 4 nitrogen and oxygen atoms in total. The van der Waals surface area contributed by atoms with Crippen LogP contribution in [-0.2, 0) is 16.0 Å². The summed E-state index contributed by atoms with van der Waals surface area (Å²) in [6, 6.07) is 3.28. The summed E-state index contributed by atoms with van der Waals surface area (Å²) in [4.78, 5) is 21.3. The predicted octanol–water partition coefficient (Wildman–Crippen LogP) is 1.49. The van der Waals surface area contributed by atoms with E-state index in [2.05, 4.69) is 5.32 Å². The second-order valence-electron chi connectivity index (χ2n) is 3.76. The first-order valence-corrected chi connectivity index (χ1v) is 5.41. The number of aliphatic carboxylic acids is 1. The predicted molar refractivity (Wildman–Crippen MR) is 59.9 cm³/mol. The lowest BCUT2D eigenvalue weighted by atomic mass is 10.1. The van der Waals surface area contributed by atoms with Crippen molar-refractivity contribution >= 4 is 11.9 Å². The largest absolute Gasteiger partial charge is 0.480 e. The van der Waals surface area contributed by atoms with Gasteiger partial charge < -0.3 is 10.4 Å². The highest BCUT2D eigenvalue weighted by atomic mass is 19.1. The van der Waals surface area contributed by atoms with Gasteiger partial charge in [-0.25, -0.2) is 8.78 Å². The molecule has 0 aromatic heterocycles. The summed E-state index contributed by atoms with van der Waals surface area (Å²) >= 11 is 0. The number of hydrogen-bond donors (Lipinski definition) is 2. The summed E-state index contributed by atoms with van der Waals surface area (Å²) in [5.41, 5.74) is 0.336. The molecule has 0 fully saturated rings. The zero-order valence-corrected chi connectivity index (χ0v) is 9.58. The van der Waals surface area contributed by atoms with Crippen molar-refractivity contribution in [2.24, 2.45) is 0 Å². The third kappa shape index (κ3) is 4.90. The molecule has 0 heterocycles. The summed E-state index contributed by atoms with van der Waals surface area (Å²) < 4.78 is 25.8. The Morgan fingerprint density at radius 3 is 2.61 bits per heavy atom. The van der Waals surface area contributed by atoms with E-state index in [-0.39, 0.29) is 6.42 Å². The van der Waals surface area contributed by atoms with Crippen molar-refractivity contribution in [1.82, 2.24) is 5.32 Å². The van der Waals surface area contributed by atoms with Crippen LogP contribution in [0.3, 0.4) is 0 Å². The minimum Gasteiger partial charge on any atom is -0.480 e. The number of carboxylic acid groups (broad SMARTS) is 1. The van der Waals surface area contributed by atoms with Crippen molar-refractivity contribution in [3.63, 3.8) is 0 Å². The number of nitrogens with one attached hydrogen (secondary N) is 1. The molecule has 0 aliphatic rings. The van der Waals surface area contributed by atoms with Crippen LogP contribution in [0.5, 0.6) is 0 Å². The molecule has 1 aromatic carbocycles. The number of halogens is 2. The van der Waals surface area contributed by atoms with Crippen molar-refractivity contribution in [3.8, 4) is 0 Å². The Bertz CT molecular complexity index is 449. The second kappa shape index (κ2) is 6.68. The summed E-state index contributed by atoms with van der Waals surface area (Å²) in [5.74, 6) is -2.80. The first kappa shape index (κ1) is 14.1. The van der Waals surface area contributed by atoms with E-state index < -0.39 is 30.1 Å². The van der Waals surface area contributed by atoms with E-state index in [0.29, 0.717) is 18.4 Å². The van der Waals surface area contributed by atoms with Gasteiger partial charge in [-0.15, -0.1) is 0 Å². The molecule has 0 aliphatic heterocycles. The van der Waals surface area contributed by atoms with Gasteiger partial charge in [0.15, 0.2) is 0 Å². The molecule has 0 unspecified atom stereocenters. The Hall–Kier alpha value is -1.98. The number of carbonyl (C=O) groups excluding carboxylic acids is 1. The Balaban J connectivity index is 2.33. The molecule has 2 N–H and O–H groups in total. The quantitative estimate of drug-likeness (QED) is 0.811. The number of amides is 1. The van der Waals surface area contributed by atoms with Gasteiger partial charge in [-0.05, 0) is 24.5 Å². The molecule has 0 spiro atoms. The second-order valence-corrected chi connectivity index (χ2v) is 3.76. The molecule has 1 rings (SSSR count). The molecule has 98 valence electrons. The average Bonchev–Trinajstić information content (AvgIpc) is 2.29. The fourth-order valence-electron chi connectivity index (χ4n) is 1.43. The van der Waals surface area contributed by atoms with Crippen molar-refractivity contribution in [2.45, 2.75) is 19.3 Å². The maximum atomic E-state index is 13.2. The summed E-state index contributed by atoms with van der Waals surface area (Å²) in [5, 5.41) is 10.5. The lowest BCUT2D eigenvalue weighted by Gasteiger charge is -2.04. The number of hydrogen-bond acceptors (Lipinski definition) is 2. The van der Waals surface area contributed by atoms with E-state index in [0.717, 1.165) is 12.1 Å². The van der Waals surface area contributed by atoms with Gasteiger partial charge in [-0.1, -0.05) is 6.07 Å². The van der Waals surface area contributed by atoms with Crippen molar-refractivity contribution in [2.75, 3.05) is 6.54 Å². The maximum Gasteiger partial charge on any atom is 0.322 e. The highest BCUT2D eigenvalue weighted by molar-refractivity contribution is 5.80. The van der Waals surface area contributed by atoms with E-state index in [4.69, 9.17) is 5.11 Å². The van der Waals surface area contributed by atoms with Crippen molar-refractivity contribution in [3.05, 3.63) is 35.4 Å². The smallest absolute Gasteiger partial charge is 0.322 e. The summed E-state index contributed by atoms with van der Waals surface area (Å²) in [7, 11) is 0. The van der Waals surface area contributed by atoms with Crippen molar-refractivity contribution < 1.29 is 23.5 Å².